The summed E-state index contributed by atoms with van der Waals surface area (Å²) in [5, 5.41) is 9.07. The number of hydrogen-bond donors (Lipinski definition) is 1. The maximum atomic E-state index is 11.4. The maximum absolute atomic E-state index is 11.4. The Bertz CT molecular complexity index is 424. The number of carbonyl (C=O) groups is 2. The van der Waals surface area contributed by atoms with Crippen LogP contribution >= 0.6 is 11.6 Å². The van der Waals surface area contributed by atoms with E-state index in [1.807, 2.05) is 0 Å². The van der Waals surface area contributed by atoms with E-state index in [2.05, 4.69) is 0 Å². The van der Waals surface area contributed by atoms with E-state index in [0.717, 1.165) is 0 Å². The number of rotatable bonds is 4. The number of halogens is 1. The largest absolute Gasteiger partial charge is 0.481 e. The summed E-state index contributed by atoms with van der Waals surface area (Å²) < 4.78 is 0. The summed E-state index contributed by atoms with van der Waals surface area (Å²) in [6.07, 6.45) is 0. The molecule has 0 aliphatic carbocycles. The van der Waals surface area contributed by atoms with Crippen molar-refractivity contribution < 1.29 is 14.7 Å². The standard InChI is InChI=1S/C12H13ClO3/c1-12(2,11(15)16)9-5-3-4-8(6-9)10(14)7-13/h3-6H,7H2,1-2H3,(H,15,16). The van der Waals surface area contributed by atoms with Gasteiger partial charge in [0.25, 0.3) is 0 Å². The van der Waals surface area contributed by atoms with Gasteiger partial charge in [-0.15, -0.1) is 11.6 Å². The van der Waals surface area contributed by atoms with Crippen LogP contribution in [0.15, 0.2) is 24.3 Å². The minimum atomic E-state index is -1.01. The van der Waals surface area contributed by atoms with Gasteiger partial charge in [0.2, 0.25) is 0 Å². The number of hydrogen-bond acceptors (Lipinski definition) is 2. The van der Waals surface area contributed by atoms with Crippen molar-refractivity contribution in [3.8, 4) is 0 Å². The van der Waals surface area contributed by atoms with Crippen molar-refractivity contribution in [1.29, 1.82) is 0 Å². The second-order valence-corrected chi connectivity index (χ2v) is 4.34. The Morgan fingerprint density at radius 3 is 2.50 bits per heavy atom. The quantitative estimate of drug-likeness (QED) is 0.650. The van der Waals surface area contributed by atoms with Gasteiger partial charge in [0, 0.05) is 5.56 Å². The van der Waals surface area contributed by atoms with Gasteiger partial charge in [0.1, 0.15) is 0 Å². The average Bonchev–Trinajstić information content (AvgIpc) is 2.28. The molecule has 1 N–H and O–H groups in total. The summed E-state index contributed by atoms with van der Waals surface area (Å²) in [7, 11) is 0. The fraction of sp³-hybridized carbons (Fsp3) is 0.333. The van der Waals surface area contributed by atoms with Gasteiger partial charge in [-0.1, -0.05) is 18.2 Å². The van der Waals surface area contributed by atoms with Crippen LogP contribution in [0.1, 0.15) is 29.8 Å². The number of Topliss-reactive ketones (excluding diaryl/α,β-unsaturated/α-hetero) is 1. The van der Waals surface area contributed by atoms with Gasteiger partial charge in [-0.3, -0.25) is 9.59 Å². The lowest BCUT2D eigenvalue weighted by molar-refractivity contribution is -0.142. The Morgan fingerprint density at radius 1 is 1.38 bits per heavy atom. The highest BCUT2D eigenvalue weighted by Crippen LogP contribution is 2.24. The van der Waals surface area contributed by atoms with Gasteiger partial charge in [-0.25, -0.2) is 0 Å². The van der Waals surface area contributed by atoms with Gasteiger partial charge in [-0.2, -0.15) is 0 Å². The van der Waals surface area contributed by atoms with Crippen molar-refractivity contribution in [2.45, 2.75) is 19.3 Å². The van der Waals surface area contributed by atoms with Crippen LogP contribution in [0, 0.1) is 0 Å². The van der Waals surface area contributed by atoms with Crippen molar-refractivity contribution in [3.05, 3.63) is 35.4 Å². The lowest BCUT2D eigenvalue weighted by Gasteiger charge is -2.20. The zero-order valence-electron chi connectivity index (χ0n) is 9.16. The molecule has 0 spiro atoms. The van der Waals surface area contributed by atoms with Crippen LogP contribution in [0.5, 0.6) is 0 Å². The first-order chi connectivity index (χ1) is 7.39. The molecule has 16 heavy (non-hydrogen) atoms. The van der Waals surface area contributed by atoms with Crippen molar-refractivity contribution in [1.82, 2.24) is 0 Å². The first kappa shape index (κ1) is 12.7. The van der Waals surface area contributed by atoms with Crippen molar-refractivity contribution in [2.75, 3.05) is 5.88 Å². The smallest absolute Gasteiger partial charge is 0.313 e. The number of carbonyl (C=O) groups excluding carboxylic acids is 1. The summed E-state index contributed by atoms with van der Waals surface area (Å²) >= 11 is 5.45. The third-order valence-electron chi connectivity index (χ3n) is 2.56. The van der Waals surface area contributed by atoms with E-state index in [-0.39, 0.29) is 11.7 Å². The third-order valence-corrected chi connectivity index (χ3v) is 2.81. The highest BCUT2D eigenvalue weighted by Gasteiger charge is 2.29. The van der Waals surface area contributed by atoms with Crippen molar-refractivity contribution in [3.63, 3.8) is 0 Å². The van der Waals surface area contributed by atoms with E-state index in [9.17, 15) is 9.59 Å². The molecule has 0 radical (unpaired) electrons. The van der Waals surface area contributed by atoms with Gasteiger partial charge >= 0.3 is 5.97 Å². The molecular weight excluding hydrogens is 228 g/mol. The number of carboxylic acids is 1. The minimum absolute atomic E-state index is 0.100. The zero-order chi connectivity index (χ0) is 12.3. The summed E-state index contributed by atoms with van der Waals surface area (Å²) in [6.45, 7) is 3.19. The lowest BCUT2D eigenvalue weighted by atomic mass is 9.84. The predicted molar refractivity (Wildman–Crippen MR) is 62.2 cm³/mol. The fourth-order valence-electron chi connectivity index (χ4n) is 1.28. The number of benzene rings is 1. The van der Waals surface area contributed by atoms with Crippen LogP contribution in [-0.4, -0.2) is 22.7 Å². The van der Waals surface area contributed by atoms with E-state index in [1.165, 1.54) is 0 Å². The zero-order valence-corrected chi connectivity index (χ0v) is 9.91. The molecule has 0 unspecified atom stereocenters. The Balaban J connectivity index is 3.17. The number of aliphatic carboxylic acids is 1. The SMILES string of the molecule is CC(C)(C(=O)O)c1cccc(C(=O)CCl)c1. The number of ketones is 1. The topological polar surface area (TPSA) is 54.4 Å². The summed E-state index contributed by atoms with van der Waals surface area (Å²) in [6, 6.07) is 6.57. The molecule has 0 bridgehead atoms. The van der Waals surface area contributed by atoms with E-state index >= 15 is 0 Å². The molecule has 1 aromatic rings. The molecule has 0 fully saturated rings. The molecule has 0 aromatic heterocycles. The Kier molecular flexibility index (Phi) is 3.70. The second-order valence-electron chi connectivity index (χ2n) is 4.07. The second kappa shape index (κ2) is 4.66. The molecule has 0 saturated heterocycles. The Morgan fingerprint density at radius 2 is 2.00 bits per heavy atom. The van der Waals surface area contributed by atoms with Crippen molar-refractivity contribution >= 4 is 23.4 Å². The molecule has 1 rings (SSSR count). The van der Waals surface area contributed by atoms with E-state index in [0.29, 0.717) is 11.1 Å². The van der Waals surface area contributed by atoms with Gasteiger partial charge in [0.05, 0.1) is 11.3 Å². The van der Waals surface area contributed by atoms with Crippen molar-refractivity contribution in [2.24, 2.45) is 0 Å². The van der Waals surface area contributed by atoms with Crippen LogP contribution in [0.4, 0.5) is 0 Å². The summed E-state index contributed by atoms with van der Waals surface area (Å²) in [4.78, 5) is 22.4. The predicted octanol–water partition coefficient (Wildman–Crippen LogP) is 2.47. The van der Waals surface area contributed by atoms with Crippen LogP contribution in [-0.2, 0) is 10.2 Å². The molecule has 0 atom stereocenters. The molecule has 1 aromatic carbocycles. The lowest BCUT2D eigenvalue weighted by Crippen LogP contribution is -2.28. The molecule has 0 heterocycles. The normalized spacial score (nSPS) is 11.2. The Hall–Kier alpha value is -1.35. The molecule has 0 saturated carbocycles. The van der Waals surface area contributed by atoms with Crippen LogP contribution < -0.4 is 0 Å². The van der Waals surface area contributed by atoms with Crippen LogP contribution in [0.2, 0.25) is 0 Å². The molecule has 0 amide bonds. The fourth-order valence-corrected chi connectivity index (χ4v) is 1.44. The highest BCUT2D eigenvalue weighted by molar-refractivity contribution is 6.30. The van der Waals surface area contributed by atoms with Gasteiger partial charge in [0.15, 0.2) is 5.78 Å². The van der Waals surface area contributed by atoms with Gasteiger partial charge in [-0.05, 0) is 25.5 Å². The highest BCUT2D eigenvalue weighted by atomic mass is 35.5. The molecule has 0 aliphatic heterocycles. The van der Waals surface area contributed by atoms with E-state index in [4.69, 9.17) is 16.7 Å². The molecule has 86 valence electrons. The van der Waals surface area contributed by atoms with E-state index in [1.54, 1.807) is 38.1 Å². The summed E-state index contributed by atoms with van der Waals surface area (Å²) in [5.74, 6) is -1.23. The first-order valence-electron chi connectivity index (χ1n) is 4.82. The van der Waals surface area contributed by atoms with E-state index < -0.39 is 11.4 Å². The van der Waals surface area contributed by atoms with Gasteiger partial charge < -0.3 is 5.11 Å². The third kappa shape index (κ3) is 2.42. The average molecular weight is 241 g/mol. The number of carboxylic acid groups (broad SMARTS) is 1. The van der Waals surface area contributed by atoms with Crippen LogP contribution in [0.3, 0.4) is 0 Å². The minimum Gasteiger partial charge on any atom is -0.481 e. The molecule has 3 nitrogen and oxygen atoms in total. The Labute approximate surface area is 99.0 Å². The molecule has 4 heteroatoms. The monoisotopic (exact) mass is 240 g/mol. The first-order valence-corrected chi connectivity index (χ1v) is 5.36. The molecule has 0 aliphatic rings. The summed E-state index contributed by atoms with van der Waals surface area (Å²) in [5.41, 5.74) is 0.0283. The number of alkyl halides is 1. The molecular formula is C12H13ClO3. The van der Waals surface area contributed by atoms with Crippen LogP contribution in [0.25, 0.3) is 0 Å². The maximum Gasteiger partial charge on any atom is 0.313 e.